The van der Waals surface area contributed by atoms with Crippen LogP contribution < -0.4 is 5.32 Å². The van der Waals surface area contributed by atoms with Crippen LogP contribution in [0.2, 0.25) is 4.34 Å². The van der Waals surface area contributed by atoms with Crippen molar-refractivity contribution in [1.82, 2.24) is 5.32 Å². The summed E-state index contributed by atoms with van der Waals surface area (Å²) in [4.78, 5) is 1.21. The Morgan fingerprint density at radius 3 is 2.73 bits per heavy atom. The smallest absolute Gasteiger partial charge is 0.0931 e. The molecule has 0 spiro atoms. The minimum atomic E-state index is 0.177. The van der Waals surface area contributed by atoms with Gasteiger partial charge in [0.1, 0.15) is 0 Å². The Morgan fingerprint density at radius 1 is 1.53 bits per heavy atom. The fourth-order valence-electron chi connectivity index (χ4n) is 1.41. The molecule has 1 aromatic heterocycles. The van der Waals surface area contributed by atoms with Crippen LogP contribution in [0, 0.1) is 5.92 Å². The largest absolute Gasteiger partial charge is 0.395 e. The topological polar surface area (TPSA) is 32.3 Å². The molecule has 0 fully saturated rings. The summed E-state index contributed by atoms with van der Waals surface area (Å²) in [5, 5.41) is 12.6. The maximum Gasteiger partial charge on any atom is 0.0931 e. The number of aliphatic hydroxyl groups excluding tert-OH is 1. The molecule has 2 N–H and O–H groups in total. The van der Waals surface area contributed by atoms with E-state index in [9.17, 15) is 5.11 Å². The summed E-state index contributed by atoms with van der Waals surface area (Å²) in [7, 11) is 0. The fourth-order valence-corrected chi connectivity index (χ4v) is 2.45. The molecule has 0 aliphatic carbocycles. The normalized spacial score (nSPS) is 15.2. The van der Waals surface area contributed by atoms with Gasteiger partial charge < -0.3 is 10.4 Å². The minimum Gasteiger partial charge on any atom is -0.395 e. The molecule has 1 aromatic rings. The molecule has 2 atom stereocenters. The van der Waals surface area contributed by atoms with Gasteiger partial charge in [0.05, 0.1) is 10.9 Å². The van der Waals surface area contributed by atoms with Crippen LogP contribution in [0.15, 0.2) is 12.1 Å². The lowest BCUT2D eigenvalue weighted by Crippen LogP contribution is -2.37. The van der Waals surface area contributed by atoms with Gasteiger partial charge in [0.25, 0.3) is 0 Å². The van der Waals surface area contributed by atoms with Crippen LogP contribution in [-0.4, -0.2) is 17.8 Å². The third-order valence-corrected chi connectivity index (χ3v) is 3.93. The van der Waals surface area contributed by atoms with E-state index in [0.717, 1.165) is 17.3 Å². The Balaban J connectivity index is 2.40. The SMILES string of the molecule is CCC(C)C(CO)NCc1ccc(Cl)s1. The Morgan fingerprint density at radius 2 is 2.27 bits per heavy atom. The van der Waals surface area contributed by atoms with Crippen molar-refractivity contribution in [3.8, 4) is 0 Å². The highest BCUT2D eigenvalue weighted by Crippen LogP contribution is 2.21. The molecule has 2 nitrogen and oxygen atoms in total. The first-order valence-corrected chi connectivity index (χ1v) is 6.45. The second kappa shape index (κ2) is 6.48. The van der Waals surface area contributed by atoms with Gasteiger partial charge in [-0.15, -0.1) is 11.3 Å². The Labute approximate surface area is 100 Å². The van der Waals surface area contributed by atoms with Gasteiger partial charge >= 0.3 is 0 Å². The lowest BCUT2D eigenvalue weighted by atomic mass is 10.00. The third-order valence-electron chi connectivity index (χ3n) is 2.69. The van der Waals surface area contributed by atoms with Gasteiger partial charge in [0.15, 0.2) is 0 Å². The van der Waals surface area contributed by atoms with Crippen LogP contribution in [0.3, 0.4) is 0 Å². The lowest BCUT2D eigenvalue weighted by molar-refractivity contribution is 0.201. The molecule has 1 rings (SSSR count). The van der Waals surface area contributed by atoms with E-state index in [1.54, 1.807) is 11.3 Å². The maximum absolute atomic E-state index is 9.23. The van der Waals surface area contributed by atoms with Crippen LogP contribution in [0.5, 0.6) is 0 Å². The van der Waals surface area contributed by atoms with E-state index in [-0.39, 0.29) is 12.6 Å². The molecule has 4 heteroatoms. The Bertz CT molecular complexity index is 290. The number of nitrogens with one attached hydrogen (secondary N) is 1. The number of aliphatic hydroxyl groups is 1. The molecule has 86 valence electrons. The molecule has 2 unspecified atom stereocenters. The number of rotatable bonds is 6. The van der Waals surface area contributed by atoms with Crippen molar-refractivity contribution in [1.29, 1.82) is 0 Å². The summed E-state index contributed by atoms with van der Waals surface area (Å²) in [6, 6.07) is 4.10. The van der Waals surface area contributed by atoms with E-state index < -0.39 is 0 Å². The van der Waals surface area contributed by atoms with Crippen molar-refractivity contribution in [3.63, 3.8) is 0 Å². The molecule has 0 saturated heterocycles. The van der Waals surface area contributed by atoms with Gasteiger partial charge in [-0.3, -0.25) is 0 Å². The van der Waals surface area contributed by atoms with Gasteiger partial charge in [-0.05, 0) is 18.1 Å². The lowest BCUT2D eigenvalue weighted by Gasteiger charge is -2.21. The van der Waals surface area contributed by atoms with E-state index in [1.807, 2.05) is 12.1 Å². The number of hydrogen-bond acceptors (Lipinski definition) is 3. The van der Waals surface area contributed by atoms with Gasteiger partial charge in [0.2, 0.25) is 0 Å². The molecule has 15 heavy (non-hydrogen) atoms. The highest BCUT2D eigenvalue weighted by Gasteiger charge is 2.13. The van der Waals surface area contributed by atoms with E-state index in [4.69, 9.17) is 11.6 Å². The Kier molecular flexibility index (Phi) is 5.61. The van der Waals surface area contributed by atoms with E-state index >= 15 is 0 Å². The summed E-state index contributed by atoms with van der Waals surface area (Å²) in [5.74, 6) is 0.491. The van der Waals surface area contributed by atoms with Gasteiger partial charge in [-0.25, -0.2) is 0 Å². The van der Waals surface area contributed by atoms with Crippen molar-refractivity contribution in [3.05, 3.63) is 21.3 Å². The monoisotopic (exact) mass is 247 g/mol. The quantitative estimate of drug-likeness (QED) is 0.810. The first-order chi connectivity index (χ1) is 7.17. The minimum absolute atomic E-state index is 0.177. The highest BCUT2D eigenvalue weighted by atomic mass is 35.5. The number of thiophene rings is 1. The predicted octanol–water partition coefficient (Wildman–Crippen LogP) is 2.90. The molecule has 0 saturated carbocycles. The molecule has 0 bridgehead atoms. The zero-order valence-corrected chi connectivity index (χ0v) is 10.7. The summed E-state index contributed by atoms with van der Waals surface area (Å²) in [6.45, 7) is 5.26. The Hall–Kier alpha value is -0.0900. The van der Waals surface area contributed by atoms with Crippen molar-refractivity contribution < 1.29 is 5.11 Å². The molecule has 0 aliphatic heterocycles. The third kappa shape index (κ3) is 4.11. The average Bonchev–Trinajstić information content (AvgIpc) is 2.64. The van der Waals surface area contributed by atoms with Crippen LogP contribution in [0.4, 0.5) is 0 Å². The number of halogens is 1. The summed E-state index contributed by atoms with van der Waals surface area (Å²) in [6.07, 6.45) is 1.07. The summed E-state index contributed by atoms with van der Waals surface area (Å²) in [5.41, 5.74) is 0. The van der Waals surface area contributed by atoms with Crippen LogP contribution in [0.25, 0.3) is 0 Å². The van der Waals surface area contributed by atoms with Gasteiger partial charge in [-0.1, -0.05) is 31.9 Å². The zero-order chi connectivity index (χ0) is 11.3. The second-order valence-electron chi connectivity index (χ2n) is 3.76. The van der Waals surface area contributed by atoms with Crippen molar-refractivity contribution in [2.75, 3.05) is 6.61 Å². The second-order valence-corrected chi connectivity index (χ2v) is 5.56. The highest BCUT2D eigenvalue weighted by molar-refractivity contribution is 7.16. The van der Waals surface area contributed by atoms with Crippen molar-refractivity contribution in [2.24, 2.45) is 5.92 Å². The van der Waals surface area contributed by atoms with Gasteiger partial charge in [0, 0.05) is 17.5 Å². The standard InChI is InChI=1S/C11H18ClNOS/c1-3-8(2)10(7-14)13-6-9-4-5-11(12)15-9/h4-5,8,10,13-14H,3,6-7H2,1-2H3. The van der Waals surface area contributed by atoms with E-state index in [2.05, 4.69) is 19.2 Å². The van der Waals surface area contributed by atoms with Crippen molar-refractivity contribution in [2.45, 2.75) is 32.9 Å². The number of hydrogen-bond donors (Lipinski definition) is 2. The van der Waals surface area contributed by atoms with Gasteiger partial charge in [-0.2, -0.15) is 0 Å². The van der Waals surface area contributed by atoms with Crippen LogP contribution in [-0.2, 0) is 6.54 Å². The maximum atomic E-state index is 9.23. The fraction of sp³-hybridized carbons (Fsp3) is 0.636. The molecular formula is C11H18ClNOS. The molecule has 1 heterocycles. The molecule has 0 aromatic carbocycles. The molecule has 0 aliphatic rings. The average molecular weight is 248 g/mol. The van der Waals surface area contributed by atoms with E-state index in [0.29, 0.717) is 5.92 Å². The summed E-state index contributed by atoms with van der Waals surface area (Å²) >= 11 is 7.42. The first kappa shape index (κ1) is 13.0. The summed E-state index contributed by atoms with van der Waals surface area (Å²) < 4.78 is 0.816. The first-order valence-electron chi connectivity index (χ1n) is 5.25. The van der Waals surface area contributed by atoms with Crippen molar-refractivity contribution >= 4 is 22.9 Å². The van der Waals surface area contributed by atoms with Crippen LogP contribution >= 0.6 is 22.9 Å². The predicted molar refractivity (Wildman–Crippen MR) is 66.5 cm³/mol. The molecule has 0 radical (unpaired) electrons. The molecule has 0 amide bonds. The molecular weight excluding hydrogens is 230 g/mol. The van der Waals surface area contributed by atoms with E-state index in [1.165, 1.54) is 4.88 Å². The zero-order valence-electron chi connectivity index (χ0n) is 9.16. The van der Waals surface area contributed by atoms with Crippen LogP contribution in [0.1, 0.15) is 25.1 Å².